The van der Waals surface area contributed by atoms with E-state index in [0.29, 0.717) is 12.0 Å². The minimum atomic E-state index is -0.537. The molecule has 2 saturated heterocycles. The average Bonchev–Trinajstić information content (AvgIpc) is 3.44. The van der Waals surface area contributed by atoms with Crippen LogP contribution in [0, 0.1) is 31.4 Å². The fraction of sp³-hybridized carbons (Fsp3) is 0.629. The smallest absolute Gasteiger partial charge is 0.126 e. The van der Waals surface area contributed by atoms with E-state index in [0.717, 1.165) is 57.8 Å². The van der Waals surface area contributed by atoms with Crippen molar-refractivity contribution in [1.82, 2.24) is 15.1 Å². The summed E-state index contributed by atoms with van der Waals surface area (Å²) in [6.45, 7) is 19.6. The first-order valence-electron chi connectivity index (χ1n) is 15.7. The van der Waals surface area contributed by atoms with Gasteiger partial charge in [0.05, 0.1) is 0 Å². The number of aryl methyl sites for hydroxylation is 2. The van der Waals surface area contributed by atoms with Crippen LogP contribution in [0.25, 0.3) is 0 Å². The number of carbonyl (C=O) groups excluding carboxylic acids is 1. The normalized spacial score (nSPS) is 19.0. The first kappa shape index (κ1) is 36.0. The third-order valence-electron chi connectivity index (χ3n) is 8.57. The summed E-state index contributed by atoms with van der Waals surface area (Å²) in [6, 6.07) is 9.91. The Bertz CT molecular complexity index is 1060. The maximum atomic E-state index is 11.9. The third-order valence-corrected chi connectivity index (χ3v) is 8.57. The highest BCUT2D eigenvalue weighted by atomic mass is 19.1. The molecule has 2 aliphatic rings. The van der Waals surface area contributed by atoms with Gasteiger partial charge in [-0.05, 0) is 147 Å². The lowest BCUT2D eigenvalue weighted by Gasteiger charge is -2.32. The second-order valence-electron chi connectivity index (χ2n) is 12.9. The summed E-state index contributed by atoms with van der Waals surface area (Å²) in [4.78, 5) is 15.3. The highest BCUT2D eigenvalue weighted by molar-refractivity contribution is 5.54. The first-order valence-corrected chi connectivity index (χ1v) is 15.7. The Morgan fingerprint density at radius 3 is 2.10 bits per heavy atom. The molecule has 0 saturated carbocycles. The van der Waals surface area contributed by atoms with Crippen molar-refractivity contribution >= 4 is 6.29 Å². The van der Waals surface area contributed by atoms with E-state index in [9.17, 15) is 13.6 Å². The molecule has 3 N–H and O–H groups in total. The van der Waals surface area contributed by atoms with Crippen LogP contribution in [0.1, 0.15) is 94.0 Å². The zero-order valence-corrected chi connectivity index (χ0v) is 27.2. The van der Waals surface area contributed by atoms with Crippen molar-refractivity contribution < 1.29 is 13.6 Å². The minimum absolute atomic E-state index is 0.234. The van der Waals surface area contributed by atoms with Crippen LogP contribution in [0.5, 0.6) is 0 Å². The van der Waals surface area contributed by atoms with Crippen LogP contribution in [-0.2, 0) is 4.79 Å². The summed E-state index contributed by atoms with van der Waals surface area (Å²) >= 11 is 0. The SMILES string of the molecule is CC(C)(C)N1CCC(C=O)C1.CCC(NCCCN)c1cc(C)c(C)cc1C1CCN(C)CC1.Fc1cccc(F)c1. The van der Waals surface area contributed by atoms with E-state index in [-0.39, 0.29) is 11.5 Å². The summed E-state index contributed by atoms with van der Waals surface area (Å²) in [5.74, 6) is -0.0740. The zero-order valence-electron chi connectivity index (χ0n) is 27.2. The summed E-state index contributed by atoms with van der Waals surface area (Å²) < 4.78 is 23.9. The molecule has 7 heteroatoms. The van der Waals surface area contributed by atoms with Crippen molar-refractivity contribution in [2.24, 2.45) is 11.7 Å². The molecule has 0 spiro atoms. The van der Waals surface area contributed by atoms with Gasteiger partial charge in [-0.2, -0.15) is 0 Å². The predicted octanol–water partition coefficient (Wildman–Crippen LogP) is 6.77. The summed E-state index contributed by atoms with van der Waals surface area (Å²) in [6.07, 6.45) is 6.88. The molecule has 0 aliphatic carbocycles. The molecule has 236 valence electrons. The van der Waals surface area contributed by atoms with Crippen molar-refractivity contribution in [3.63, 3.8) is 0 Å². The summed E-state index contributed by atoms with van der Waals surface area (Å²) in [5.41, 5.74) is 11.9. The van der Waals surface area contributed by atoms with Gasteiger partial charge in [0, 0.05) is 30.1 Å². The third kappa shape index (κ3) is 11.8. The van der Waals surface area contributed by atoms with Crippen LogP contribution in [0.4, 0.5) is 8.78 Å². The number of hydrogen-bond acceptors (Lipinski definition) is 5. The van der Waals surface area contributed by atoms with Gasteiger partial charge < -0.3 is 20.7 Å². The lowest BCUT2D eigenvalue weighted by molar-refractivity contribution is -0.110. The summed E-state index contributed by atoms with van der Waals surface area (Å²) in [7, 11) is 2.24. The number of halogens is 2. The van der Waals surface area contributed by atoms with Crippen molar-refractivity contribution in [2.75, 3.05) is 46.3 Å². The van der Waals surface area contributed by atoms with Crippen LogP contribution < -0.4 is 11.1 Å². The number of piperidine rings is 1. The van der Waals surface area contributed by atoms with E-state index in [1.54, 1.807) is 5.56 Å². The molecular formula is C35H56F2N4O. The number of carbonyl (C=O) groups is 1. The number of nitrogens with zero attached hydrogens (tertiary/aromatic N) is 2. The number of benzene rings is 2. The van der Waals surface area contributed by atoms with E-state index in [4.69, 9.17) is 5.73 Å². The fourth-order valence-corrected chi connectivity index (χ4v) is 5.66. The molecule has 2 aromatic carbocycles. The predicted molar refractivity (Wildman–Crippen MR) is 172 cm³/mol. The van der Waals surface area contributed by atoms with Gasteiger partial charge in [-0.3, -0.25) is 4.90 Å². The Morgan fingerprint density at radius 1 is 1.02 bits per heavy atom. The molecule has 5 nitrogen and oxygen atoms in total. The van der Waals surface area contributed by atoms with E-state index in [2.05, 4.69) is 75.8 Å². The van der Waals surface area contributed by atoms with Crippen LogP contribution in [0.2, 0.25) is 0 Å². The molecule has 4 rings (SSSR count). The maximum absolute atomic E-state index is 11.9. The number of nitrogens with two attached hydrogens (primary N) is 1. The van der Waals surface area contributed by atoms with Gasteiger partial charge in [0.25, 0.3) is 0 Å². The van der Waals surface area contributed by atoms with Gasteiger partial charge in [-0.15, -0.1) is 0 Å². The molecule has 2 heterocycles. The van der Waals surface area contributed by atoms with Gasteiger partial charge >= 0.3 is 0 Å². The molecule has 42 heavy (non-hydrogen) atoms. The van der Waals surface area contributed by atoms with Crippen molar-refractivity contribution in [1.29, 1.82) is 0 Å². The number of aldehydes is 1. The molecule has 0 amide bonds. The standard InChI is InChI=1S/C20H35N3.C9H17NO.C6H4F2/c1-5-20(22-10-6-9-21)19-14-16(3)15(2)13-18(19)17-7-11-23(4)12-8-17;1-9(2,3)10-5-4-8(6-10)7-11;7-5-2-1-3-6(8)4-5/h13-14,17,20,22H,5-12,21H2,1-4H3;7-8H,4-6H2,1-3H3;1-4H. The average molecular weight is 587 g/mol. The molecule has 2 atom stereocenters. The lowest BCUT2D eigenvalue weighted by atomic mass is 9.82. The highest BCUT2D eigenvalue weighted by Gasteiger charge is 2.29. The largest absolute Gasteiger partial charge is 0.330 e. The lowest BCUT2D eigenvalue weighted by Crippen LogP contribution is -2.39. The molecule has 2 aromatic rings. The van der Waals surface area contributed by atoms with Gasteiger partial charge in [0.15, 0.2) is 0 Å². The van der Waals surface area contributed by atoms with Gasteiger partial charge in [-0.25, -0.2) is 8.78 Å². The van der Waals surface area contributed by atoms with Crippen molar-refractivity contribution in [2.45, 2.75) is 91.1 Å². The van der Waals surface area contributed by atoms with E-state index in [1.807, 2.05) is 0 Å². The van der Waals surface area contributed by atoms with Gasteiger partial charge in [0.2, 0.25) is 0 Å². The minimum Gasteiger partial charge on any atom is -0.330 e. The second kappa shape index (κ2) is 17.8. The fourth-order valence-electron chi connectivity index (χ4n) is 5.66. The van der Waals surface area contributed by atoms with E-state index in [1.165, 1.54) is 60.8 Å². The first-order chi connectivity index (χ1) is 19.9. The highest BCUT2D eigenvalue weighted by Crippen LogP contribution is 2.35. The molecule has 2 unspecified atom stereocenters. The Morgan fingerprint density at radius 2 is 1.64 bits per heavy atom. The monoisotopic (exact) mass is 586 g/mol. The Balaban J connectivity index is 0.000000266. The number of nitrogens with one attached hydrogen (secondary N) is 1. The number of likely N-dealkylation sites (tertiary alicyclic amines) is 2. The van der Waals surface area contributed by atoms with Crippen LogP contribution in [-0.4, -0.2) is 67.9 Å². The molecule has 0 radical (unpaired) electrons. The van der Waals surface area contributed by atoms with Crippen LogP contribution in [0.15, 0.2) is 36.4 Å². The van der Waals surface area contributed by atoms with E-state index < -0.39 is 11.6 Å². The quantitative estimate of drug-likeness (QED) is 0.264. The van der Waals surface area contributed by atoms with Crippen LogP contribution >= 0.6 is 0 Å². The summed E-state index contributed by atoms with van der Waals surface area (Å²) in [5, 5.41) is 3.73. The van der Waals surface area contributed by atoms with Gasteiger partial charge in [0.1, 0.15) is 17.9 Å². The number of hydrogen-bond donors (Lipinski definition) is 2. The topological polar surface area (TPSA) is 61.6 Å². The maximum Gasteiger partial charge on any atom is 0.126 e. The number of rotatable bonds is 8. The van der Waals surface area contributed by atoms with Crippen molar-refractivity contribution in [3.8, 4) is 0 Å². The molecular weight excluding hydrogens is 530 g/mol. The zero-order chi connectivity index (χ0) is 31.3. The molecule has 0 bridgehead atoms. The second-order valence-corrected chi connectivity index (χ2v) is 12.9. The van der Waals surface area contributed by atoms with E-state index >= 15 is 0 Å². The van der Waals surface area contributed by atoms with Gasteiger partial charge in [-0.1, -0.05) is 25.1 Å². The Kier molecular flexibility index (Phi) is 15.3. The molecule has 2 fully saturated rings. The Hall–Kier alpha value is -2.19. The van der Waals surface area contributed by atoms with Crippen LogP contribution in [0.3, 0.4) is 0 Å². The molecule has 2 aliphatic heterocycles. The molecule has 0 aromatic heterocycles. The Labute approximate surface area is 254 Å². The van der Waals surface area contributed by atoms with Crippen molar-refractivity contribution in [3.05, 3.63) is 70.3 Å².